The number of nitrogens with zero attached hydrogens (tertiary/aromatic N) is 5. The number of amides is 2. The summed E-state index contributed by atoms with van der Waals surface area (Å²) in [5.41, 5.74) is 3.91. The second-order valence-corrected chi connectivity index (χ2v) is 9.33. The molecule has 178 valence electrons. The van der Waals surface area contributed by atoms with Crippen LogP contribution in [0.3, 0.4) is 0 Å². The summed E-state index contributed by atoms with van der Waals surface area (Å²) in [5.74, 6) is 1.71. The summed E-state index contributed by atoms with van der Waals surface area (Å²) in [6, 6.07) is 7.71. The lowest BCUT2D eigenvalue weighted by molar-refractivity contribution is 0.0984. The maximum absolute atomic E-state index is 11.8. The average Bonchev–Trinajstić information content (AvgIpc) is 3.39. The molecule has 1 saturated heterocycles. The highest BCUT2D eigenvalue weighted by molar-refractivity contribution is 7.13. The Bertz CT molecular complexity index is 1140. The summed E-state index contributed by atoms with van der Waals surface area (Å²) in [6.07, 6.45) is 2.72. The second kappa shape index (κ2) is 9.94. The fourth-order valence-electron chi connectivity index (χ4n) is 4.39. The van der Waals surface area contributed by atoms with Crippen LogP contribution in [0.5, 0.6) is 0 Å². The first-order chi connectivity index (χ1) is 16.6. The van der Waals surface area contributed by atoms with E-state index in [1.54, 1.807) is 11.3 Å². The van der Waals surface area contributed by atoms with Gasteiger partial charge in [-0.15, -0.1) is 11.3 Å². The van der Waals surface area contributed by atoms with Gasteiger partial charge >= 0.3 is 6.03 Å². The van der Waals surface area contributed by atoms with E-state index >= 15 is 0 Å². The number of carbonyl (C=O) groups excluding carboxylic acids is 1. The largest absolute Gasteiger partial charge is 0.377 e. The van der Waals surface area contributed by atoms with Gasteiger partial charge in [0.2, 0.25) is 0 Å². The molecule has 0 spiro atoms. The quantitative estimate of drug-likeness (QED) is 0.578. The molecule has 5 rings (SSSR count). The molecule has 2 N–H and O–H groups in total. The van der Waals surface area contributed by atoms with E-state index in [2.05, 4.69) is 32.3 Å². The number of nitrogens with one attached hydrogen (secondary N) is 2. The molecule has 1 aromatic carbocycles. The topological polar surface area (TPSA) is 95.5 Å². The first kappa shape index (κ1) is 22.5. The Morgan fingerprint density at radius 2 is 2.09 bits per heavy atom. The lowest BCUT2D eigenvalue weighted by atomic mass is 10.0. The van der Waals surface area contributed by atoms with E-state index in [1.807, 2.05) is 42.8 Å². The van der Waals surface area contributed by atoms with Crippen LogP contribution in [0.15, 0.2) is 35.8 Å². The van der Waals surface area contributed by atoms with Crippen molar-refractivity contribution in [1.82, 2.24) is 20.3 Å². The molecule has 2 aromatic heterocycles. The molecule has 2 amide bonds. The zero-order chi connectivity index (χ0) is 23.5. The molecule has 34 heavy (non-hydrogen) atoms. The highest BCUT2D eigenvalue weighted by Crippen LogP contribution is 2.33. The van der Waals surface area contributed by atoms with Crippen molar-refractivity contribution < 1.29 is 9.53 Å². The van der Waals surface area contributed by atoms with E-state index < -0.39 is 0 Å². The number of thiazole rings is 1. The van der Waals surface area contributed by atoms with Gasteiger partial charge in [0.25, 0.3) is 0 Å². The fraction of sp³-hybridized carbons (Fsp3) is 0.417. The van der Waals surface area contributed by atoms with Crippen molar-refractivity contribution in [2.24, 2.45) is 0 Å². The summed E-state index contributed by atoms with van der Waals surface area (Å²) in [7, 11) is 0. The van der Waals surface area contributed by atoms with Crippen LogP contribution >= 0.6 is 11.3 Å². The number of urea groups is 1. The lowest BCUT2D eigenvalue weighted by Gasteiger charge is -2.37. The van der Waals surface area contributed by atoms with Crippen molar-refractivity contribution in [3.8, 4) is 11.4 Å². The van der Waals surface area contributed by atoms with E-state index in [9.17, 15) is 4.79 Å². The molecule has 0 radical (unpaired) electrons. The van der Waals surface area contributed by atoms with Gasteiger partial charge in [0.05, 0.1) is 31.5 Å². The number of ether oxygens (including phenoxy) is 1. The standard InChI is InChI=1S/C24H29N7O2S/c1-3-25-23(32)27-18-6-4-17(5-7-18)21-28-20-14-30(24-26-9-13-34-24)10-8-19(20)22(29-21)31-11-12-33-15-16(31)2/h4-7,9,13,16H,3,8,10-12,14-15H2,1-2H3,(H2,25,27,32). The van der Waals surface area contributed by atoms with Gasteiger partial charge < -0.3 is 25.2 Å². The van der Waals surface area contributed by atoms with Crippen molar-refractivity contribution in [3.63, 3.8) is 0 Å². The zero-order valence-corrected chi connectivity index (χ0v) is 20.3. The maximum Gasteiger partial charge on any atom is 0.319 e. The third-order valence-corrected chi connectivity index (χ3v) is 6.94. The predicted octanol–water partition coefficient (Wildman–Crippen LogP) is 3.53. The van der Waals surface area contributed by atoms with Crippen LogP contribution in [0.1, 0.15) is 25.1 Å². The molecule has 0 bridgehead atoms. The molecule has 2 aliphatic rings. The lowest BCUT2D eigenvalue weighted by Crippen LogP contribution is -2.45. The van der Waals surface area contributed by atoms with Crippen molar-refractivity contribution in [3.05, 3.63) is 47.1 Å². The van der Waals surface area contributed by atoms with Gasteiger partial charge in [-0.05, 0) is 44.5 Å². The molecule has 4 heterocycles. The SMILES string of the molecule is CCNC(=O)Nc1ccc(-c2nc3c(c(N4CCOCC4C)n2)CCN(c2nccs2)C3)cc1. The van der Waals surface area contributed by atoms with E-state index in [-0.39, 0.29) is 12.1 Å². The molecule has 3 aromatic rings. The molecule has 2 aliphatic heterocycles. The van der Waals surface area contributed by atoms with Crippen molar-refractivity contribution >= 4 is 34.0 Å². The number of hydrogen-bond acceptors (Lipinski definition) is 8. The summed E-state index contributed by atoms with van der Waals surface area (Å²) < 4.78 is 5.68. The highest BCUT2D eigenvalue weighted by atomic mass is 32.1. The molecule has 1 unspecified atom stereocenters. The second-order valence-electron chi connectivity index (χ2n) is 8.46. The summed E-state index contributed by atoms with van der Waals surface area (Å²) in [4.78, 5) is 31.1. The monoisotopic (exact) mass is 479 g/mol. The predicted molar refractivity (Wildman–Crippen MR) is 135 cm³/mol. The molecule has 0 saturated carbocycles. The van der Waals surface area contributed by atoms with Gasteiger partial charge in [-0.1, -0.05) is 0 Å². The van der Waals surface area contributed by atoms with E-state index in [0.29, 0.717) is 32.1 Å². The van der Waals surface area contributed by atoms with Gasteiger partial charge in [-0.3, -0.25) is 0 Å². The number of anilines is 3. The van der Waals surface area contributed by atoms with E-state index in [1.165, 1.54) is 5.56 Å². The van der Waals surface area contributed by atoms with Crippen LogP contribution in [0.4, 0.5) is 21.4 Å². The number of hydrogen-bond donors (Lipinski definition) is 2. The molecular formula is C24H29N7O2S. The summed E-state index contributed by atoms with van der Waals surface area (Å²) in [5, 5.41) is 8.60. The number of rotatable bonds is 5. The van der Waals surface area contributed by atoms with Crippen molar-refractivity contribution in [2.45, 2.75) is 32.9 Å². The number of carbonyl (C=O) groups is 1. The molecule has 0 aliphatic carbocycles. The Labute approximate surface area is 203 Å². The van der Waals surface area contributed by atoms with Crippen LogP contribution in [0.2, 0.25) is 0 Å². The van der Waals surface area contributed by atoms with Gasteiger partial charge in [0.1, 0.15) is 5.82 Å². The van der Waals surface area contributed by atoms with Gasteiger partial charge in [0.15, 0.2) is 11.0 Å². The van der Waals surface area contributed by atoms with Crippen LogP contribution in [-0.2, 0) is 17.7 Å². The number of fused-ring (bicyclic) bond motifs is 1. The van der Waals surface area contributed by atoms with Crippen molar-refractivity contribution in [1.29, 1.82) is 0 Å². The number of benzene rings is 1. The first-order valence-corrected chi connectivity index (χ1v) is 12.5. The number of morpholine rings is 1. The van der Waals surface area contributed by atoms with Crippen LogP contribution < -0.4 is 20.4 Å². The molecule has 9 nitrogen and oxygen atoms in total. The summed E-state index contributed by atoms with van der Waals surface area (Å²) in [6.45, 7) is 8.46. The Morgan fingerprint density at radius 1 is 1.24 bits per heavy atom. The van der Waals surface area contributed by atoms with Gasteiger partial charge in [-0.25, -0.2) is 19.7 Å². The van der Waals surface area contributed by atoms with E-state index in [4.69, 9.17) is 14.7 Å². The minimum absolute atomic E-state index is 0.217. The third-order valence-electron chi connectivity index (χ3n) is 6.11. The van der Waals surface area contributed by atoms with Gasteiger partial charge in [-0.2, -0.15) is 0 Å². The minimum atomic E-state index is -0.217. The number of aromatic nitrogens is 3. The minimum Gasteiger partial charge on any atom is -0.377 e. The Kier molecular flexibility index (Phi) is 6.59. The van der Waals surface area contributed by atoms with Crippen LogP contribution in [0.25, 0.3) is 11.4 Å². The smallest absolute Gasteiger partial charge is 0.319 e. The highest BCUT2D eigenvalue weighted by Gasteiger charge is 2.29. The molecule has 10 heteroatoms. The van der Waals surface area contributed by atoms with Crippen LogP contribution in [0, 0.1) is 0 Å². The average molecular weight is 480 g/mol. The normalized spacial score (nSPS) is 17.9. The molecule has 1 fully saturated rings. The maximum atomic E-state index is 11.8. The Morgan fingerprint density at radius 3 is 2.82 bits per heavy atom. The Hall–Kier alpha value is -3.24. The first-order valence-electron chi connectivity index (χ1n) is 11.7. The zero-order valence-electron chi connectivity index (χ0n) is 19.5. The van der Waals surface area contributed by atoms with E-state index in [0.717, 1.165) is 47.4 Å². The third kappa shape index (κ3) is 4.69. The molecule has 1 atom stereocenters. The van der Waals surface area contributed by atoms with Gasteiger partial charge in [0, 0.05) is 48.0 Å². The van der Waals surface area contributed by atoms with Crippen molar-refractivity contribution in [2.75, 3.05) is 48.0 Å². The summed E-state index contributed by atoms with van der Waals surface area (Å²) >= 11 is 1.65. The Balaban J connectivity index is 1.49. The fourth-order valence-corrected chi connectivity index (χ4v) is 5.06. The van der Waals surface area contributed by atoms with Crippen LogP contribution in [-0.4, -0.2) is 59.9 Å². The molecular weight excluding hydrogens is 450 g/mol.